The van der Waals surface area contributed by atoms with Crippen molar-refractivity contribution < 1.29 is 0 Å². The molecule has 0 bridgehead atoms. The lowest BCUT2D eigenvalue weighted by atomic mass is 10.0. The Morgan fingerprint density at radius 2 is 1.72 bits per heavy atom. The highest BCUT2D eigenvalue weighted by Gasteiger charge is 2.64. The first-order chi connectivity index (χ1) is 8.41. The topological polar surface area (TPSA) is 35.8 Å². The second kappa shape index (κ2) is 4.40. The zero-order valence-corrected chi connectivity index (χ0v) is 11.7. The SMILES string of the molecule is CC1(C)C(NCC(C#N)c2ccccc2)C1(C)C. The molecule has 2 heteroatoms. The van der Waals surface area contributed by atoms with Crippen molar-refractivity contribution in [1.29, 1.82) is 5.26 Å². The summed E-state index contributed by atoms with van der Waals surface area (Å²) in [5, 5.41) is 12.8. The maximum Gasteiger partial charge on any atom is 0.0837 e. The summed E-state index contributed by atoms with van der Waals surface area (Å²) in [5.74, 6) is -0.0570. The average molecular weight is 242 g/mol. The summed E-state index contributed by atoms with van der Waals surface area (Å²) in [4.78, 5) is 0. The van der Waals surface area contributed by atoms with Crippen LogP contribution in [0.3, 0.4) is 0 Å². The molecule has 0 aromatic heterocycles. The molecule has 1 saturated carbocycles. The van der Waals surface area contributed by atoms with Crippen molar-refractivity contribution in [1.82, 2.24) is 5.32 Å². The molecule has 2 nitrogen and oxygen atoms in total. The monoisotopic (exact) mass is 242 g/mol. The van der Waals surface area contributed by atoms with Crippen molar-refractivity contribution in [3.05, 3.63) is 35.9 Å². The van der Waals surface area contributed by atoms with E-state index in [-0.39, 0.29) is 5.92 Å². The van der Waals surface area contributed by atoms with E-state index in [9.17, 15) is 5.26 Å². The molecule has 96 valence electrons. The largest absolute Gasteiger partial charge is 0.311 e. The first kappa shape index (κ1) is 13.1. The zero-order chi connectivity index (χ0) is 13.4. The van der Waals surface area contributed by atoms with E-state index in [4.69, 9.17) is 0 Å². The lowest BCUT2D eigenvalue weighted by Crippen LogP contribution is -2.27. The third kappa shape index (κ3) is 2.04. The summed E-state index contributed by atoms with van der Waals surface area (Å²) in [6, 6.07) is 12.9. The standard InChI is InChI=1S/C16H22N2/c1-15(2)14(16(15,3)4)18-11-13(10-17)12-8-6-5-7-9-12/h5-9,13-14,18H,11H2,1-4H3. The Hall–Kier alpha value is -1.33. The fourth-order valence-corrected chi connectivity index (χ4v) is 2.87. The minimum absolute atomic E-state index is 0.0570. The smallest absolute Gasteiger partial charge is 0.0837 e. The van der Waals surface area contributed by atoms with Crippen LogP contribution in [-0.2, 0) is 0 Å². The maximum absolute atomic E-state index is 9.28. The van der Waals surface area contributed by atoms with E-state index in [2.05, 4.69) is 39.1 Å². The van der Waals surface area contributed by atoms with Crippen molar-refractivity contribution in [2.75, 3.05) is 6.54 Å². The van der Waals surface area contributed by atoms with Gasteiger partial charge in [-0.1, -0.05) is 58.0 Å². The van der Waals surface area contributed by atoms with Gasteiger partial charge in [0.15, 0.2) is 0 Å². The predicted molar refractivity (Wildman–Crippen MR) is 74.1 cm³/mol. The molecular formula is C16H22N2. The molecule has 0 saturated heterocycles. The van der Waals surface area contributed by atoms with Gasteiger partial charge in [0.05, 0.1) is 12.0 Å². The molecule has 0 aliphatic heterocycles. The highest BCUT2D eigenvalue weighted by molar-refractivity contribution is 5.26. The quantitative estimate of drug-likeness (QED) is 0.879. The normalized spacial score (nSPS) is 22.2. The second-order valence-corrected chi connectivity index (χ2v) is 6.38. The Morgan fingerprint density at radius 1 is 1.17 bits per heavy atom. The fourth-order valence-electron chi connectivity index (χ4n) is 2.87. The van der Waals surface area contributed by atoms with Gasteiger partial charge in [0.1, 0.15) is 0 Å². The van der Waals surface area contributed by atoms with E-state index in [1.807, 2.05) is 30.3 Å². The van der Waals surface area contributed by atoms with Gasteiger partial charge >= 0.3 is 0 Å². The van der Waals surface area contributed by atoms with Gasteiger partial charge in [-0.05, 0) is 16.4 Å². The van der Waals surface area contributed by atoms with Crippen LogP contribution in [0.15, 0.2) is 30.3 Å². The van der Waals surface area contributed by atoms with Crippen molar-refractivity contribution in [2.24, 2.45) is 10.8 Å². The minimum atomic E-state index is -0.0570. The van der Waals surface area contributed by atoms with Gasteiger partial charge in [-0.2, -0.15) is 5.26 Å². The number of nitrogens with one attached hydrogen (secondary N) is 1. The van der Waals surface area contributed by atoms with Crippen LogP contribution in [0.4, 0.5) is 0 Å². The molecule has 0 radical (unpaired) electrons. The third-order valence-corrected chi connectivity index (χ3v) is 4.90. The van der Waals surface area contributed by atoms with E-state index in [0.29, 0.717) is 16.9 Å². The van der Waals surface area contributed by atoms with Crippen molar-refractivity contribution >= 4 is 0 Å². The molecule has 1 unspecified atom stereocenters. The number of hydrogen-bond donors (Lipinski definition) is 1. The Labute approximate surface area is 110 Å². The Morgan fingerprint density at radius 3 is 2.17 bits per heavy atom. The maximum atomic E-state index is 9.28. The van der Waals surface area contributed by atoms with Crippen LogP contribution in [0.5, 0.6) is 0 Å². The first-order valence-electron chi connectivity index (χ1n) is 6.59. The molecule has 0 heterocycles. The third-order valence-electron chi connectivity index (χ3n) is 4.90. The number of hydrogen-bond acceptors (Lipinski definition) is 2. The Kier molecular flexibility index (Phi) is 3.21. The highest BCUT2D eigenvalue weighted by atomic mass is 15.0. The molecule has 0 amide bonds. The lowest BCUT2D eigenvalue weighted by Gasteiger charge is -2.12. The van der Waals surface area contributed by atoms with E-state index in [1.54, 1.807) is 0 Å². The summed E-state index contributed by atoms with van der Waals surface area (Å²) in [6.45, 7) is 9.88. The summed E-state index contributed by atoms with van der Waals surface area (Å²) < 4.78 is 0. The van der Waals surface area contributed by atoms with Gasteiger partial charge in [0, 0.05) is 12.6 Å². The van der Waals surface area contributed by atoms with Crippen LogP contribution in [-0.4, -0.2) is 12.6 Å². The van der Waals surface area contributed by atoms with Crippen molar-refractivity contribution in [3.63, 3.8) is 0 Å². The molecule has 1 atom stereocenters. The van der Waals surface area contributed by atoms with Crippen LogP contribution >= 0.6 is 0 Å². The second-order valence-electron chi connectivity index (χ2n) is 6.38. The van der Waals surface area contributed by atoms with Gasteiger partial charge in [0.25, 0.3) is 0 Å². The summed E-state index contributed by atoms with van der Waals surface area (Å²) in [5.41, 5.74) is 1.75. The van der Waals surface area contributed by atoms with Crippen LogP contribution in [0, 0.1) is 22.2 Å². The van der Waals surface area contributed by atoms with E-state index in [1.165, 1.54) is 0 Å². The van der Waals surface area contributed by atoms with E-state index in [0.717, 1.165) is 12.1 Å². The Balaban J connectivity index is 1.97. The number of benzene rings is 1. The average Bonchev–Trinajstić information content (AvgIpc) is 2.73. The van der Waals surface area contributed by atoms with Gasteiger partial charge in [-0.15, -0.1) is 0 Å². The van der Waals surface area contributed by atoms with Crippen molar-refractivity contribution in [3.8, 4) is 6.07 Å². The van der Waals surface area contributed by atoms with Gasteiger partial charge in [-0.25, -0.2) is 0 Å². The Bertz CT molecular complexity index is 440. The van der Waals surface area contributed by atoms with Gasteiger partial charge in [0.2, 0.25) is 0 Å². The summed E-state index contributed by atoms with van der Waals surface area (Å²) >= 11 is 0. The van der Waals surface area contributed by atoms with Crippen molar-refractivity contribution in [2.45, 2.75) is 39.7 Å². The molecule has 1 N–H and O–H groups in total. The highest BCUT2D eigenvalue weighted by Crippen LogP contribution is 2.62. The molecule has 1 aliphatic carbocycles. The van der Waals surface area contributed by atoms with Gasteiger partial charge < -0.3 is 5.32 Å². The van der Waals surface area contributed by atoms with Crippen LogP contribution in [0.1, 0.15) is 39.2 Å². The molecule has 18 heavy (non-hydrogen) atoms. The minimum Gasteiger partial charge on any atom is -0.311 e. The lowest BCUT2D eigenvalue weighted by molar-refractivity contribution is 0.457. The zero-order valence-electron chi connectivity index (χ0n) is 11.7. The predicted octanol–water partition coefficient (Wildman–Crippen LogP) is 3.32. The van der Waals surface area contributed by atoms with E-state index >= 15 is 0 Å². The molecule has 1 aliphatic rings. The van der Waals surface area contributed by atoms with Gasteiger partial charge in [-0.3, -0.25) is 0 Å². The first-order valence-corrected chi connectivity index (χ1v) is 6.59. The summed E-state index contributed by atoms with van der Waals surface area (Å²) in [7, 11) is 0. The molecule has 1 aromatic carbocycles. The van der Waals surface area contributed by atoms with Crippen LogP contribution < -0.4 is 5.32 Å². The molecular weight excluding hydrogens is 220 g/mol. The number of rotatable bonds is 4. The van der Waals surface area contributed by atoms with Crippen LogP contribution in [0.25, 0.3) is 0 Å². The summed E-state index contributed by atoms with van der Waals surface area (Å²) in [6.07, 6.45) is 0. The molecule has 1 fully saturated rings. The molecule has 0 spiro atoms. The fraction of sp³-hybridized carbons (Fsp3) is 0.562. The molecule has 2 rings (SSSR count). The number of nitriles is 1. The van der Waals surface area contributed by atoms with E-state index < -0.39 is 0 Å². The van der Waals surface area contributed by atoms with Crippen LogP contribution in [0.2, 0.25) is 0 Å². The molecule has 1 aromatic rings. The number of nitrogens with zero attached hydrogens (tertiary/aromatic N) is 1.